The maximum Gasteiger partial charge on any atom is 0.269 e. The molecule has 3 rings (SSSR count). The summed E-state index contributed by atoms with van der Waals surface area (Å²) in [4.78, 5) is 30.6. The highest BCUT2D eigenvalue weighted by Gasteiger charge is 2.21. The molecule has 31 heavy (non-hydrogen) atoms. The predicted molar refractivity (Wildman–Crippen MR) is 121 cm³/mol. The standard InChI is InChI=1S/C23H32N6O2/c1-15(2)18-5-6-19(24-14-18)23(31)25-13-17-9-11-29(12-10-17)21-8-7-20(27-28-21)26-22(30)16(3)4/h5-8,14-17H,9-13H2,1-4H3,(H,25,31)(H,26,27,30). The third-order valence-electron chi connectivity index (χ3n) is 5.60. The first-order chi connectivity index (χ1) is 14.8. The molecule has 0 bridgehead atoms. The molecule has 2 N–H and O–H groups in total. The Balaban J connectivity index is 1.44. The van der Waals surface area contributed by atoms with Crippen LogP contribution >= 0.6 is 0 Å². The van der Waals surface area contributed by atoms with Crippen molar-refractivity contribution >= 4 is 23.5 Å². The van der Waals surface area contributed by atoms with Crippen LogP contribution in [0.25, 0.3) is 0 Å². The summed E-state index contributed by atoms with van der Waals surface area (Å²) in [7, 11) is 0. The first-order valence-electron chi connectivity index (χ1n) is 11.0. The number of pyridine rings is 1. The van der Waals surface area contributed by atoms with Crippen LogP contribution in [0.15, 0.2) is 30.5 Å². The zero-order chi connectivity index (χ0) is 22.4. The molecule has 3 heterocycles. The molecule has 0 spiro atoms. The Hall–Kier alpha value is -3.03. The molecule has 166 valence electrons. The lowest BCUT2D eigenvalue weighted by Gasteiger charge is -2.32. The maximum absolute atomic E-state index is 12.4. The molecule has 1 saturated heterocycles. The molecule has 0 radical (unpaired) electrons. The summed E-state index contributed by atoms with van der Waals surface area (Å²) in [6.07, 6.45) is 3.71. The SMILES string of the molecule is CC(C)C(=O)Nc1ccc(N2CCC(CNC(=O)c3ccc(C(C)C)cn3)CC2)nn1. The number of amides is 2. The molecule has 0 unspecified atom stereocenters. The lowest BCUT2D eigenvalue weighted by Crippen LogP contribution is -2.39. The van der Waals surface area contributed by atoms with E-state index in [1.165, 1.54) is 0 Å². The van der Waals surface area contributed by atoms with Gasteiger partial charge in [-0.1, -0.05) is 33.8 Å². The molecule has 8 heteroatoms. The zero-order valence-corrected chi connectivity index (χ0v) is 18.8. The van der Waals surface area contributed by atoms with Gasteiger partial charge >= 0.3 is 0 Å². The number of hydrogen-bond donors (Lipinski definition) is 2. The minimum absolute atomic E-state index is 0.0732. The Labute approximate surface area is 183 Å². The van der Waals surface area contributed by atoms with Crippen molar-refractivity contribution in [2.75, 3.05) is 29.9 Å². The van der Waals surface area contributed by atoms with Gasteiger partial charge in [0.05, 0.1) is 0 Å². The molecule has 0 aromatic carbocycles. The normalized spacial score (nSPS) is 14.7. The van der Waals surface area contributed by atoms with Crippen molar-refractivity contribution in [3.63, 3.8) is 0 Å². The summed E-state index contributed by atoms with van der Waals surface area (Å²) in [5, 5.41) is 14.1. The Bertz CT molecular complexity index is 872. The van der Waals surface area contributed by atoms with E-state index in [-0.39, 0.29) is 17.7 Å². The molecule has 2 aromatic rings. The lowest BCUT2D eigenvalue weighted by atomic mass is 9.96. The van der Waals surface area contributed by atoms with Gasteiger partial charge < -0.3 is 15.5 Å². The first-order valence-corrected chi connectivity index (χ1v) is 11.0. The number of rotatable bonds is 7. The van der Waals surface area contributed by atoms with Crippen LogP contribution < -0.4 is 15.5 Å². The van der Waals surface area contributed by atoms with E-state index in [1.54, 1.807) is 18.3 Å². The Kier molecular flexibility index (Phi) is 7.55. The topological polar surface area (TPSA) is 100 Å². The highest BCUT2D eigenvalue weighted by Crippen LogP contribution is 2.22. The summed E-state index contributed by atoms with van der Waals surface area (Å²) in [5.74, 6) is 1.80. The summed E-state index contributed by atoms with van der Waals surface area (Å²) < 4.78 is 0. The van der Waals surface area contributed by atoms with Crippen molar-refractivity contribution < 1.29 is 9.59 Å². The third-order valence-corrected chi connectivity index (χ3v) is 5.60. The lowest BCUT2D eigenvalue weighted by molar-refractivity contribution is -0.118. The van der Waals surface area contributed by atoms with E-state index >= 15 is 0 Å². The Morgan fingerprint density at radius 3 is 2.35 bits per heavy atom. The second-order valence-corrected chi connectivity index (χ2v) is 8.69. The highest BCUT2D eigenvalue weighted by atomic mass is 16.2. The van der Waals surface area contributed by atoms with Crippen molar-refractivity contribution in [2.24, 2.45) is 11.8 Å². The van der Waals surface area contributed by atoms with E-state index < -0.39 is 0 Å². The van der Waals surface area contributed by atoms with Crippen LogP contribution in [0.2, 0.25) is 0 Å². The number of carbonyl (C=O) groups is 2. The van der Waals surface area contributed by atoms with E-state index in [0.29, 0.717) is 29.9 Å². The summed E-state index contributed by atoms with van der Waals surface area (Å²) >= 11 is 0. The van der Waals surface area contributed by atoms with Gasteiger partial charge in [-0.3, -0.25) is 14.6 Å². The largest absolute Gasteiger partial charge is 0.355 e. The molecule has 0 saturated carbocycles. The van der Waals surface area contributed by atoms with Gasteiger partial charge in [-0.05, 0) is 48.4 Å². The molecular formula is C23H32N6O2. The minimum atomic E-state index is -0.123. The number of nitrogens with zero attached hydrogens (tertiary/aromatic N) is 4. The molecule has 1 aliphatic heterocycles. The third kappa shape index (κ3) is 6.23. The Morgan fingerprint density at radius 1 is 1.06 bits per heavy atom. The van der Waals surface area contributed by atoms with Crippen LogP contribution in [0.3, 0.4) is 0 Å². The number of anilines is 2. The van der Waals surface area contributed by atoms with Crippen LogP contribution in [0, 0.1) is 11.8 Å². The molecule has 2 aromatic heterocycles. The maximum atomic E-state index is 12.4. The molecule has 1 fully saturated rings. The number of carbonyl (C=O) groups excluding carboxylic acids is 2. The highest BCUT2D eigenvalue weighted by molar-refractivity contribution is 5.92. The fourth-order valence-corrected chi connectivity index (χ4v) is 3.41. The minimum Gasteiger partial charge on any atom is -0.355 e. The van der Waals surface area contributed by atoms with Crippen molar-refractivity contribution in [1.29, 1.82) is 0 Å². The molecule has 8 nitrogen and oxygen atoms in total. The molecule has 1 aliphatic rings. The average molecular weight is 425 g/mol. The fraction of sp³-hybridized carbons (Fsp3) is 0.522. The van der Waals surface area contributed by atoms with Crippen molar-refractivity contribution in [3.8, 4) is 0 Å². The van der Waals surface area contributed by atoms with E-state index in [4.69, 9.17) is 0 Å². The fourth-order valence-electron chi connectivity index (χ4n) is 3.41. The molecule has 2 amide bonds. The smallest absolute Gasteiger partial charge is 0.269 e. The first kappa shape index (κ1) is 22.7. The molecule has 0 atom stereocenters. The van der Waals surface area contributed by atoms with Crippen molar-refractivity contribution in [3.05, 3.63) is 41.7 Å². The van der Waals surface area contributed by atoms with Gasteiger partial charge in [0.2, 0.25) is 5.91 Å². The van der Waals surface area contributed by atoms with Gasteiger partial charge in [-0.15, -0.1) is 10.2 Å². The van der Waals surface area contributed by atoms with Gasteiger partial charge in [-0.25, -0.2) is 0 Å². The molecule has 0 aliphatic carbocycles. The van der Waals surface area contributed by atoms with Crippen molar-refractivity contribution in [1.82, 2.24) is 20.5 Å². The predicted octanol–water partition coefficient (Wildman–Crippen LogP) is 3.24. The van der Waals surface area contributed by atoms with Crippen LogP contribution in [0.1, 0.15) is 62.5 Å². The number of aromatic nitrogens is 3. The van der Waals surface area contributed by atoms with Crippen molar-refractivity contribution in [2.45, 2.75) is 46.5 Å². The average Bonchev–Trinajstić information content (AvgIpc) is 2.78. The van der Waals surface area contributed by atoms with Gasteiger partial charge in [0, 0.05) is 31.7 Å². The van der Waals surface area contributed by atoms with Gasteiger partial charge in [0.15, 0.2) is 11.6 Å². The summed E-state index contributed by atoms with van der Waals surface area (Å²) in [5.41, 5.74) is 1.59. The van der Waals surface area contributed by atoms with Gasteiger partial charge in [0.1, 0.15) is 5.69 Å². The zero-order valence-electron chi connectivity index (χ0n) is 18.8. The number of piperidine rings is 1. The number of hydrogen-bond acceptors (Lipinski definition) is 6. The van der Waals surface area contributed by atoms with E-state index in [0.717, 1.165) is 37.3 Å². The number of nitrogens with one attached hydrogen (secondary N) is 2. The quantitative estimate of drug-likeness (QED) is 0.708. The van der Waals surface area contributed by atoms with Gasteiger partial charge in [0.25, 0.3) is 5.91 Å². The van der Waals surface area contributed by atoms with E-state index in [1.807, 2.05) is 26.0 Å². The van der Waals surface area contributed by atoms with Crippen LogP contribution in [0.5, 0.6) is 0 Å². The second-order valence-electron chi connectivity index (χ2n) is 8.69. The Morgan fingerprint density at radius 2 is 1.81 bits per heavy atom. The second kappa shape index (κ2) is 10.3. The van der Waals surface area contributed by atoms with Gasteiger partial charge in [-0.2, -0.15) is 0 Å². The van der Waals surface area contributed by atoms with Crippen LogP contribution in [-0.4, -0.2) is 46.6 Å². The van der Waals surface area contributed by atoms with Crippen LogP contribution in [0.4, 0.5) is 11.6 Å². The van der Waals surface area contributed by atoms with E-state index in [9.17, 15) is 9.59 Å². The molecular weight excluding hydrogens is 392 g/mol. The monoisotopic (exact) mass is 424 g/mol. The van der Waals surface area contributed by atoms with E-state index in [2.05, 4.69) is 44.6 Å². The summed E-state index contributed by atoms with van der Waals surface area (Å²) in [6.45, 7) is 10.2. The van der Waals surface area contributed by atoms with Crippen LogP contribution in [-0.2, 0) is 4.79 Å². The summed E-state index contributed by atoms with van der Waals surface area (Å²) in [6, 6.07) is 7.43.